The number of para-hydroxylation sites is 1. The summed E-state index contributed by atoms with van der Waals surface area (Å²) < 4.78 is -0.724. The summed E-state index contributed by atoms with van der Waals surface area (Å²) in [4.78, 5) is 0. The largest absolute Gasteiger partial charge is 0.599 e. The third-order valence-electron chi connectivity index (χ3n) is 2.65. The summed E-state index contributed by atoms with van der Waals surface area (Å²) in [5, 5.41) is 25.4. The van der Waals surface area contributed by atoms with Gasteiger partial charge in [-0.25, -0.2) is 0 Å². The quantitative estimate of drug-likeness (QED) is 0.588. The fourth-order valence-corrected chi connectivity index (χ4v) is 1.71. The van der Waals surface area contributed by atoms with Gasteiger partial charge in [-0.15, -0.1) is 0 Å². The zero-order valence-corrected chi connectivity index (χ0v) is 8.63. The lowest BCUT2D eigenvalue weighted by Crippen LogP contribution is -2.41. The highest BCUT2D eigenvalue weighted by atomic mass is 16.6. The summed E-state index contributed by atoms with van der Waals surface area (Å²) in [6.45, 7) is 2.04. The van der Waals surface area contributed by atoms with Crippen LogP contribution in [0.4, 0.5) is 5.69 Å². The molecule has 80 valence electrons. The Morgan fingerprint density at radius 1 is 1.47 bits per heavy atom. The average molecular weight is 206 g/mol. The van der Waals surface area contributed by atoms with Gasteiger partial charge in [-0.05, 0) is 6.92 Å². The minimum absolute atomic E-state index is 0.0500. The standard InChI is InChI=1S/C11H14N2O2/c1-11(9-14)7-12-13(15,8-11)10-5-3-2-4-6-10/h2-7,14H,8-9H2,1H3. The molecule has 0 aliphatic carbocycles. The van der Waals surface area contributed by atoms with E-state index in [-0.39, 0.29) is 13.2 Å². The number of aliphatic hydroxyl groups is 1. The Hall–Kier alpha value is -1.23. The van der Waals surface area contributed by atoms with Gasteiger partial charge in [-0.3, -0.25) is 0 Å². The van der Waals surface area contributed by atoms with Gasteiger partial charge in [0.1, 0.15) is 6.54 Å². The van der Waals surface area contributed by atoms with Crippen LogP contribution < -0.4 is 4.76 Å². The van der Waals surface area contributed by atoms with Crippen molar-refractivity contribution in [3.63, 3.8) is 0 Å². The molecule has 0 spiro atoms. The number of rotatable bonds is 2. The van der Waals surface area contributed by atoms with Gasteiger partial charge >= 0.3 is 0 Å². The zero-order valence-electron chi connectivity index (χ0n) is 8.63. The molecule has 1 aliphatic heterocycles. The van der Waals surface area contributed by atoms with Crippen LogP contribution in [0.2, 0.25) is 0 Å². The van der Waals surface area contributed by atoms with Crippen molar-refractivity contribution in [2.45, 2.75) is 6.92 Å². The first-order valence-corrected chi connectivity index (χ1v) is 4.90. The Morgan fingerprint density at radius 3 is 2.67 bits per heavy atom. The van der Waals surface area contributed by atoms with Crippen molar-refractivity contribution in [1.29, 1.82) is 0 Å². The van der Waals surface area contributed by atoms with E-state index in [9.17, 15) is 5.21 Å². The molecule has 1 aliphatic rings. The molecule has 0 fully saturated rings. The molecule has 1 heterocycles. The summed E-state index contributed by atoms with van der Waals surface area (Å²) in [6.07, 6.45) is 1.56. The Balaban J connectivity index is 2.29. The van der Waals surface area contributed by atoms with E-state index in [1.807, 2.05) is 25.1 Å². The Kier molecular flexibility index (Phi) is 2.34. The summed E-state index contributed by atoms with van der Waals surface area (Å²) in [5.41, 5.74) is 0.100. The maximum atomic E-state index is 12.3. The minimum atomic E-state index is -0.724. The van der Waals surface area contributed by atoms with E-state index in [0.29, 0.717) is 5.69 Å². The molecule has 4 heteroatoms. The molecule has 0 saturated heterocycles. The lowest BCUT2D eigenvalue weighted by molar-refractivity contribution is 0.186. The highest BCUT2D eigenvalue weighted by Gasteiger charge is 2.39. The summed E-state index contributed by atoms with van der Waals surface area (Å²) in [5.74, 6) is 0. The van der Waals surface area contributed by atoms with Gasteiger partial charge in [-0.2, -0.15) is 4.76 Å². The van der Waals surface area contributed by atoms with Gasteiger partial charge in [0.15, 0.2) is 5.69 Å². The summed E-state index contributed by atoms with van der Waals surface area (Å²) in [7, 11) is 0. The maximum Gasteiger partial charge on any atom is 0.159 e. The van der Waals surface area contributed by atoms with Crippen molar-refractivity contribution in [3.05, 3.63) is 35.5 Å². The lowest BCUT2D eigenvalue weighted by Gasteiger charge is -2.34. The smallest absolute Gasteiger partial charge is 0.159 e. The first-order valence-electron chi connectivity index (χ1n) is 4.90. The normalized spacial score (nSPS) is 34.6. The Morgan fingerprint density at radius 2 is 2.13 bits per heavy atom. The van der Waals surface area contributed by atoms with Crippen molar-refractivity contribution >= 4 is 11.9 Å². The zero-order chi connectivity index (χ0) is 10.9. The van der Waals surface area contributed by atoms with Crippen LogP contribution in [-0.4, -0.2) is 24.5 Å². The number of nitrogens with zero attached hydrogens (tertiary/aromatic N) is 2. The molecule has 0 bridgehead atoms. The van der Waals surface area contributed by atoms with E-state index < -0.39 is 10.2 Å². The van der Waals surface area contributed by atoms with Crippen LogP contribution in [0.15, 0.2) is 35.4 Å². The summed E-state index contributed by atoms with van der Waals surface area (Å²) >= 11 is 0. The molecule has 0 aromatic heterocycles. The van der Waals surface area contributed by atoms with Crippen molar-refractivity contribution in [1.82, 2.24) is 4.76 Å². The average Bonchev–Trinajstić information content (AvgIpc) is 2.59. The molecule has 4 nitrogen and oxygen atoms in total. The molecule has 2 unspecified atom stereocenters. The molecular weight excluding hydrogens is 192 g/mol. The van der Waals surface area contributed by atoms with E-state index >= 15 is 0 Å². The van der Waals surface area contributed by atoms with Gasteiger partial charge in [-0.1, -0.05) is 23.3 Å². The molecular formula is C11H14N2O2. The van der Waals surface area contributed by atoms with Gasteiger partial charge in [0, 0.05) is 12.1 Å². The molecule has 1 aromatic rings. The number of hydrogen-bond acceptors (Lipinski definition) is 3. The van der Waals surface area contributed by atoms with Crippen molar-refractivity contribution < 1.29 is 5.11 Å². The number of quaternary nitrogens is 1. The minimum Gasteiger partial charge on any atom is -0.599 e. The second kappa shape index (κ2) is 3.41. The van der Waals surface area contributed by atoms with E-state index in [1.54, 1.807) is 18.3 Å². The van der Waals surface area contributed by atoms with Crippen LogP contribution in [0, 0.1) is 10.6 Å². The molecule has 0 amide bonds. The van der Waals surface area contributed by atoms with Gasteiger partial charge in [0.2, 0.25) is 0 Å². The maximum absolute atomic E-state index is 12.3. The molecule has 15 heavy (non-hydrogen) atoms. The SMILES string of the molecule is CC1(CO)C=N[N+]([O-])(c2ccccc2)C1. The van der Waals surface area contributed by atoms with Crippen molar-refractivity contribution in [3.8, 4) is 0 Å². The predicted molar refractivity (Wildman–Crippen MR) is 60.2 cm³/mol. The highest BCUT2D eigenvalue weighted by molar-refractivity contribution is 5.70. The number of benzene rings is 1. The van der Waals surface area contributed by atoms with E-state index in [4.69, 9.17) is 5.11 Å². The number of aliphatic hydroxyl groups excluding tert-OH is 1. The molecule has 2 atom stereocenters. The molecule has 0 saturated carbocycles. The van der Waals surface area contributed by atoms with Crippen LogP contribution in [-0.2, 0) is 0 Å². The van der Waals surface area contributed by atoms with Crippen LogP contribution in [0.5, 0.6) is 0 Å². The molecule has 1 N–H and O–H groups in total. The van der Waals surface area contributed by atoms with E-state index in [1.165, 1.54) is 0 Å². The van der Waals surface area contributed by atoms with Crippen LogP contribution in [0.1, 0.15) is 6.92 Å². The predicted octanol–water partition coefficient (Wildman–Crippen LogP) is 1.49. The highest BCUT2D eigenvalue weighted by Crippen LogP contribution is 2.32. The third kappa shape index (κ3) is 1.79. The van der Waals surface area contributed by atoms with Gasteiger partial charge < -0.3 is 10.3 Å². The topological polar surface area (TPSA) is 55.7 Å². The van der Waals surface area contributed by atoms with Crippen LogP contribution >= 0.6 is 0 Å². The molecule has 0 radical (unpaired) electrons. The van der Waals surface area contributed by atoms with Crippen LogP contribution in [0.25, 0.3) is 0 Å². The molecule has 1 aromatic carbocycles. The number of hydroxylamine groups is 1. The first-order chi connectivity index (χ1) is 7.08. The molecule has 2 rings (SSSR count). The van der Waals surface area contributed by atoms with Crippen molar-refractivity contribution in [2.24, 2.45) is 10.5 Å². The Bertz CT molecular complexity index is 379. The first kappa shape index (κ1) is 10.3. The Labute approximate surface area is 88.6 Å². The van der Waals surface area contributed by atoms with Crippen LogP contribution in [0.3, 0.4) is 0 Å². The second-order valence-electron chi connectivity index (χ2n) is 4.25. The van der Waals surface area contributed by atoms with Crippen molar-refractivity contribution in [2.75, 3.05) is 13.2 Å². The monoisotopic (exact) mass is 206 g/mol. The van der Waals surface area contributed by atoms with Gasteiger partial charge in [0.05, 0.1) is 18.2 Å². The van der Waals surface area contributed by atoms with Gasteiger partial charge in [0.25, 0.3) is 0 Å². The third-order valence-corrected chi connectivity index (χ3v) is 2.65. The lowest BCUT2D eigenvalue weighted by atomic mass is 9.94. The van der Waals surface area contributed by atoms with E-state index in [2.05, 4.69) is 5.10 Å². The number of hydrogen-bond donors (Lipinski definition) is 1. The van der Waals surface area contributed by atoms with E-state index in [0.717, 1.165) is 0 Å². The fourth-order valence-electron chi connectivity index (χ4n) is 1.71. The summed E-state index contributed by atoms with van der Waals surface area (Å²) in [6, 6.07) is 9.01. The fraction of sp³-hybridized carbons (Fsp3) is 0.364. The second-order valence-corrected chi connectivity index (χ2v) is 4.25.